The molecule has 14 heavy (non-hydrogen) atoms. The van der Waals surface area contributed by atoms with Gasteiger partial charge < -0.3 is 11.5 Å². The Bertz CT molecular complexity index is 154. The van der Waals surface area contributed by atoms with Crippen molar-refractivity contribution in [3.63, 3.8) is 0 Å². The summed E-state index contributed by atoms with van der Waals surface area (Å²) in [5.41, 5.74) is 12.5. The van der Waals surface area contributed by atoms with Crippen LogP contribution in [0.3, 0.4) is 0 Å². The van der Waals surface area contributed by atoms with E-state index in [-0.39, 0.29) is 0 Å². The Morgan fingerprint density at radius 3 is 1.57 bits per heavy atom. The summed E-state index contributed by atoms with van der Waals surface area (Å²) in [5.74, 6) is 1.94. The van der Waals surface area contributed by atoms with Gasteiger partial charge in [-0.15, -0.1) is 0 Å². The van der Waals surface area contributed by atoms with Crippen molar-refractivity contribution < 1.29 is 0 Å². The normalized spacial score (nSPS) is 43.9. The first-order valence-electron chi connectivity index (χ1n) is 6.16. The second kappa shape index (κ2) is 5.13. The van der Waals surface area contributed by atoms with Gasteiger partial charge in [0.25, 0.3) is 0 Å². The van der Waals surface area contributed by atoms with E-state index in [0.717, 1.165) is 6.42 Å². The summed E-state index contributed by atoms with van der Waals surface area (Å²) in [6, 6.07) is 0.672. The SMILES string of the molecule is CCC1CC(CC)C(N)C(CC)C1N. The van der Waals surface area contributed by atoms with Gasteiger partial charge in [-0.1, -0.05) is 40.0 Å². The standard InChI is InChI=1S/C12H26N2/c1-4-8-7-9(5-2)12(14)10(6-3)11(8)13/h8-12H,4-7,13-14H2,1-3H3. The molecule has 1 aliphatic rings. The highest BCUT2D eigenvalue weighted by Crippen LogP contribution is 2.36. The summed E-state index contributed by atoms with van der Waals surface area (Å²) < 4.78 is 0. The molecule has 4 N–H and O–H groups in total. The molecule has 4 atom stereocenters. The maximum absolute atomic E-state index is 6.27. The summed E-state index contributed by atoms with van der Waals surface area (Å²) in [4.78, 5) is 0. The van der Waals surface area contributed by atoms with E-state index in [1.165, 1.54) is 19.3 Å². The third-order valence-electron chi connectivity index (χ3n) is 4.20. The maximum Gasteiger partial charge on any atom is 0.0110 e. The summed E-state index contributed by atoms with van der Waals surface area (Å²) in [5, 5.41) is 0. The van der Waals surface area contributed by atoms with E-state index >= 15 is 0 Å². The zero-order chi connectivity index (χ0) is 10.7. The molecule has 1 rings (SSSR count). The lowest BCUT2D eigenvalue weighted by molar-refractivity contribution is 0.121. The first-order valence-corrected chi connectivity index (χ1v) is 6.16. The van der Waals surface area contributed by atoms with Crippen molar-refractivity contribution in [2.24, 2.45) is 29.2 Å². The Morgan fingerprint density at radius 1 is 0.857 bits per heavy atom. The van der Waals surface area contributed by atoms with E-state index in [0.29, 0.717) is 29.8 Å². The van der Waals surface area contributed by atoms with Gasteiger partial charge in [0.15, 0.2) is 0 Å². The van der Waals surface area contributed by atoms with Crippen LogP contribution >= 0.6 is 0 Å². The van der Waals surface area contributed by atoms with Crippen molar-refractivity contribution in [3.8, 4) is 0 Å². The van der Waals surface area contributed by atoms with Crippen molar-refractivity contribution in [3.05, 3.63) is 0 Å². The second-order valence-electron chi connectivity index (χ2n) is 4.80. The largest absolute Gasteiger partial charge is 0.327 e. The van der Waals surface area contributed by atoms with Gasteiger partial charge >= 0.3 is 0 Å². The van der Waals surface area contributed by atoms with Gasteiger partial charge in [0.1, 0.15) is 0 Å². The van der Waals surface area contributed by atoms with E-state index in [1.54, 1.807) is 0 Å². The monoisotopic (exact) mass is 198 g/mol. The van der Waals surface area contributed by atoms with Gasteiger partial charge in [-0.05, 0) is 24.2 Å². The molecular formula is C12H26N2. The predicted molar refractivity (Wildman–Crippen MR) is 61.9 cm³/mol. The first kappa shape index (κ1) is 12.0. The molecule has 0 amide bonds. The number of hydrogen-bond acceptors (Lipinski definition) is 2. The lowest BCUT2D eigenvalue weighted by Crippen LogP contribution is -2.54. The molecule has 2 heteroatoms. The van der Waals surface area contributed by atoms with Crippen LogP contribution in [0.1, 0.15) is 46.5 Å². The van der Waals surface area contributed by atoms with Crippen LogP contribution in [0, 0.1) is 17.8 Å². The summed E-state index contributed by atoms with van der Waals surface area (Å²) in [6.45, 7) is 6.72. The second-order valence-corrected chi connectivity index (χ2v) is 4.80. The van der Waals surface area contributed by atoms with Crippen LogP contribution in [0.5, 0.6) is 0 Å². The lowest BCUT2D eigenvalue weighted by Gasteiger charge is -2.44. The van der Waals surface area contributed by atoms with E-state index < -0.39 is 0 Å². The van der Waals surface area contributed by atoms with Gasteiger partial charge in [0.2, 0.25) is 0 Å². The summed E-state index contributed by atoms with van der Waals surface area (Å²) in [7, 11) is 0. The van der Waals surface area contributed by atoms with Crippen molar-refractivity contribution in [2.45, 2.75) is 58.5 Å². The zero-order valence-electron chi connectivity index (χ0n) is 9.87. The lowest BCUT2D eigenvalue weighted by atomic mass is 9.66. The average molecular weight is 198 g/mol. The first-order chi connectivity index (χ1) is 6.65. The fraction of sp³-hybridized carbons (Fsp3) is 1.00. The molecule has 4 unspecified atom stereocenters. The van der Waals surface area contributed by atoms with Crippen LogP contribution in [0.25, 0.3) is 0 Å². The van der Waals surface area contributed by atoms with Crippen LogP contribution in [0.4, 0.5) is 0 Å². The fourth-order valence-corrected chi connectivity index (χ4v) is 3.08. The third kappa shape index (κ3) is 2.12. The molecule has 1 aliphatic carbocycles. The minimum Gasteiger partial charge on any atom is -0.327 e. The number of hydrogen-bond donors (Lipinski definition) is 2. The molecule has 0 heterocycles. The highest BCUT2D eigenvalue weighted by atomic mass is 14.8. The van der Waals surface area contributed by atoms with Gasteiger partial charge in [0.05, 0.1) is 0 Å². The Balaban J connectivity index is 2.72. The minimum absolute atomic E-state index is 0.336. The summed E-state index contributed by atoms with van der Waals surface area (Å²) in [6.07, 6.45) is 4.79. The molecule has 0 aliphatic heterocycles. The van der Waals surface area contributed by atoms with Crippen LogP contribution in [-0.2, 0) is 0 Å². The van der Waals surface area contributed by atoms with Gasteiger partial charge in [-0.2, -0.15) is 0 Å². The van der Waals surface area contributed by atoms with Gasteiger partial charge in [-0.25, -0.2) is 0 Å². The Morgan fingerprint density at radius 2 is 1.29 bits per heavy atom. The zero-order valence-corrected chi connectivity index (χ0v) is 9.87. The Kier molecular flexibility index (Phi) is 4.39. The molecule has 0 saturated heterocycles. The highest BCUT2D eigenvalue weighted by molar-refractivity contribution is 4.95. The molecule has 1 fully saturated rings. The maximum atomic E-state index is 6.27. The van der Waals surface area contributed by atoms with Gasteiger partial charge in [-0.3, -0.25) is 0 Å². The molecule has 0 bridgehead atoms. The summed E-state index contributed by atoms with van der Waals surface area (Å²) >= 11 is 0. The van der Waals surface area contributed by atoms with Crippen molar-refractivity contribution in [2.75, 3.05) is 0 Å². The van der Waals surface area contributed by atoms with E-state index in [1.807, 2.05) is 0 Å². The van der Waals surface area contributed by atoms with Crippen LogP contribution < -0.4 is 11.5 Å². The molecular weight excluding hydrogens is 172 g/mol. The van der Waals surface area contributed by atoms with E-state index in [2.05, 4.69) is 20.8 Å². The Hall–Kier alpha value is -0.0800. The molecule has 84 valence electrons. The molecule has 2 nitrogen and oxygen atoms in total. The highest BCUT2D eigenvalue weighted by Gasteiger charge is 2.38. The fourth-order valence-electron chi connectivity index (χ4n) is 3.08. The molecule has 0 aromatic carbocycles. The quantitative estimate of drug-likeness (QED) is 0.730. The molecule has 0 aromatic heterocycles. The number of rotatable bonds is 3. The average Bonchev–Trinajstić information content (AvgIpc) is 2.19. The molecule has 0 spiro atoms. The van der Waals surface area contributed by atoms with Crippen LogP contribution in [0.15, 0.2) is 0 Å². The minimum atomic E-state index is 0.336. The predicted octanol–water partition coefficient (Wildman–Crippen LogP) is 2.12. The van der Waals surface area contributed by atoms with Crippen LogP contribution in [-0.4, -0.2) is 12.1 Å². The van der Waals surface area contributed by atoms with E-state index in [4.69, 9.17) is 11.5 Å². The van der Waals surface area contributed by atoms with Crippen molar-refractivity contribution >= 4 is 0 Å². The Labute approximate surface area is 88.4 Å². The molecule has 1 saturated carbocycles. The van der Waals surface area contributed by atoms with Gasteiger partial charge in [0, 0.05) is 12.1 Å². The van der Waals surface area contributed by atoms with Crippen molar-refractivity contribution in [1.82, 2.24) is 0 Å². The van der Waals surface area contributed by atoms with Crippen LogP contribution in [0.2, 0.25) is 0 Å². The smallest absolute Gasteiger partial charge is 0.0110 e. The third-order valence-corrected chi connectivity index (χ3v) is 4.20. The number of nitrogens with two attached hydrogens (primary N) is 2. The van der Waals surface area contributed by atoms with E-state index in [9.17, 15) is 0 Å². The van der Waals surface area contributed by atoms with Crippen molar-refractivity contribution in [1.29, 1.82) is 0 Å². The topological polar surface area (TPSA) is 52.0 Å². The molecule has 0 radical (unpaired) electrons. The molecule has 0 aromatic rings.